The quantitative estimate of drug-likeness (QED) is 0.168. The Bertz CT molecular complexity index is 3080. The zero-order chi connectivity index (χ0) is 33.9. The van der Waals surface area contributed by atoms with E-state index in [4.69, 9.17) is 0 Å². The Morgan fingerprint density at radius 3 is 1.48 bits per heavy atom. The molecule has 2 aliphatic rings. The Morgan fingerprint density at radius 1 is 0.365 bits per heavy atom. The highest BCUT2D eigenvalue weighted by atomic mass is 15.1. The number of nitrogens with zero attached hydrogens (tertiary/aromatic N) is 3. The number of hydrogen-bond acceptors (Lipinski definition) is 1. The van der Waals surface area contributed by atoms with E-state index in [1.165, 1.54) is 88.2 Å². The van der Waals surface area contributed by atoms with Crippen molar-refractivity contribution >= 4 is 72.8 Å². The molecule has 0 N–H and O–H groups in total. The van der Waals surface area contributed by atoms with Gasteiger partial charge in [-0.05, 0) is 65.0 Å². The average molecular weight is 660 g/mol. The summed E-state index contributed by atoms with van der Waals surface area (Å²) in [6.07, 6.45) is 0. The van der Waals surface area contributed by atoms with Crippen molar-refractivity contribution in [3.63, 3.8) is 0 Å². The molecule has 8 aromatic carbocycles. The van der Waals surface area contributed by atoms with Gasteiger partial charge in [0.15, 0.2) is 0 Å². The van der Waals surface area contributed by atoms with Gasteiger partial charge in [-0.2, -0.15) is 0 Å². The zero-order valence-electron chi connectivity index (χ0n) is 28.2. The number of rotatable bonds is 2. The van der Waals surface area contributed by atoms with Crippen molar-refractivity contribution in [2.45, 2.75) is 0 Å². The van der Waals surface area contributed by atoms with Crippen LogP contribution in [0.3, 0.4) is 0 Å². The van der Waals surface area contributed by atoms with E-state index < -0.39 is 0 Å². The molecule has 2 aromatic heterocycles. The van der Waals surface area contributed by atoms with Crippen molar-refractivity contribution in [2.75, 3.05) is 4.81 Å². The summed E-state index contributed by atoms with van der Waals surface area (Å²) in [5.41, 5.74) is 17.5. The topological polar surface area (TPSA) is 13.1 Å². The summed E-state index contributed by atoms with van der Waals surface area (Å²) in [4.78, 5) is 2.63. The smallest absolute Gasteiger partial charge is 0.331 e. The Labute approximate surface area is 301 Å². The molecule has 2 aliphatic heterocycles. The second-order valence-electron chi connectivity index (χ2n) is 14.0. The molecule has 0 saturated heterocycles. The van der Waals surface area contributed by atoms with E-state index in [0.717, 1.165) is 11.4 Å². The van der Waals surface area contributed by atoms with Gasteiger partial charge in [0.05, 0.1) is 22.1 Å². The van der Waals surface area contributed by atoms with Gasteiger partial charge in [-0.3, -0.25) is 0 Å². The van der Waals surface area contributed by atoms with Gasteiger partial charge in [-0.15, -0.1) is 0 Å². The van der Waals surface area contributed by atoms with Gasteiger partial charge in [-0.1, -0.05) is 133 Å². The molecule has 0 amide bonds. The van der Waals surface area contributed by atoms with Crippen LogP contribution < -0.4 is 15.7 Å². The normalized spacial score (nSPS) is 12.9. The fourth-order valence-corrected chi connectivity index (χ4v) is 9.57. The summed E-state index contributed by atoms with van der Waals surface area (Å²) in [6.45, 7) is -0.0723. The van der Waals surface area contributed by atoms with Crippen LogP contribution >= 0.6 is 0 Å². The molecule has 240 valence electrons. The highest BCUT2D eigenvalue weighted by Crippen LogP contribution is 2.52. The summed E-state index contributed by atoms with van der Waals surface area (Å²) < 4.78 is 5.08. The Morgan fingerprint density at radius 2 is 0.827 bits per heavy atom. The lowest BCUT2D eigenvalue weighted by atomic mass is 9.42. The van der Waals surface area contributed by atoms with Gasteiger partial charge in [0.25, 0.3) is 0 Å². The zero-order valence-corrected chi connectivity index (χ0v) is 28.2. The lowest BCUT2D eigenvalue weighted by Crippen LogP contribution is -2.60. The van der Waals surface area contributed by atoms with Gasteiger partial charge in [0.2, 0.25) is 0 Å². The molecule has 12 rings (SSSR count). The molecule has 0 unspecified atom stereocenters. The molecule has 0 spiro atoms. The highest BCUT2D eigenvalue weighted by molar-refractivity contribution is 6.94. The predicted molar refractivity (Wildman–Crippen MR) is 220 cm³/mol. The lowest BCUT2D eigenvalue weighted by molar-refractivity contribution is 1.17. The Kier molecular flexibility index (Phi) is 5.58. The minimum atomic E-state index is -0.0723. The van der Waals surface area contributed by atoms with Gasteiger partial charge >= 0.3 is 6.85 Å². The number of anilines is 2. The molecular formula is C48H30BN3. The average Bonchev–Trinajstić information content (AvgIpc) is 3.75. The predicted octanol–water partition coefficient (Wildman–Crippen LogP) is 10.8. The van der Waals surface area contributed by atoms with Crippen LogP contribution in [0.2, 0.25) is 0 Å². The van der Waals surface area contributed by atoms with Crippen LogP contribution in [0, 0.1) is 0 Å². The van der Waals surface area contributed by atoms with Crippen molar-refractivity contribution in [2.24, 2.45) is 0 Å². The number of benzene rings is 8. The van der Waals surface area contributed by atoms with Crippen molar-refractivity contribution in [3.05, 3.63) is 182 Å². The highest BCUT2D eigenvalue weighted by Gasteiger charge is 2.45. The molecule has 0 aliphatic carbocycles. The second kappa shape index (κ2) is 10.4. The van der Waals surface area contributed by atoms with Crippen LogP contribution in [-0.4, -0.2) is 16.0 Å². The van der Waals surface area contributed by atoms with Gasteiger partial charge in [0.1, 0.15) is 0 Å². The lowest BCUT2D eigenvalue weighted by Gasteiger charge is -2.44. The van der Waals surface area contributed by atoms with Crippen LogP contribution in [0.15, 0.2) is 182 Å². The van der Waals surface area contributed by atoms with Crippen molar-refractivity contribution in [1.82, 2.24) is 9.13 Å². The monoisotopic (exact) mass is 659 g/mol. The SMILES string of the molecule is c1ccc(-n2c3ccccc3c3c4c5ccccc5n(-c5ccccc5)c4c4c(c32)B2c3ccccc3-c3ccccc3N2c2ccccc2-4)cc1. The van der Waals surface area contributed by atoms with Crippen LogP contribution in [0.25, 0.3) is 77.2 Å². The van der Waals surface area contributed by atoms with E-state index in [1.54, 1.807) is 0 Å². The van der Waals surface area contributed by atoms with Gasteiger partial charge in [0, 0.05) is 61.0 Å². The molecule has 0 radical (unpaired) electrons. The first-order valence-corrected chi connectivity index (χ1v) is 18.1. The van der Waals surface area contributed by atoms with E-state index in [0.29, 0.717) is 0 Å². The summed E-state index contributed by atoms with van der Waals surface area (Å²) in [5, 5.41) is 5.13. The fraction of sp³-hybridized carbons (Fsp3) is 0. The van der Waals surface area contributed by atoms with Crippen LogP contribution in [0.5, 0.6) is 0 Å². The number of hydrogen-bond donors (Lipinski definition) is 0. The standard InChI is InChI=1S/C48H30BN3/c1-3-17-31(18-4-1)50-39-27-13-9-23-35(39)43-44-36-24-10-14-28-40(36)51(32-19-5-2-6-20-32)48(44)46-45(47(43)50)37-25-11-16-30-42(37)52-41-29-15-8-22-34(41)33-21-7-12-26-38(33)49(46)52/h1-30H. The van der Waals surface area contributed by atoms with Crippen LogP contribution in [0.1, 0.15) is 0 Å². The summed E-state index contributed by atoms with van der Waals surface area (Å²) in [6, 6.07) is 67.0. The summed E-state index contributed by atoms with van der Waals surface area (Å²) >= 11 is 0. The molecule has 0 atom stereocenters. The minimum Gasteiger partial charge on any atom is -0.376 e. The first-order chi connectivity index (χ1) is 25.9. The molecule has 3 nitrogen and oxygen atoms in total. The molecular weight excluding hydrogens is 629 g/mol. The number of aromatic nitrogens is 2. The number of para-hydroxylation sites is 6. The van der Waals surface area contributed by atoms with Crippen LogP contribution in [-0.2, 0) is 0 Å². The number of fused-ring (bicyclic) bond motifs is 20. The van der Waals surface area contributed by atoms with E-state index in [-0.39, 0.29) is 6.85 Å². The van der Waals surface area contributed by atoms with Gasteiger partial charge < -0.3 is 13.9 Å². The van der Waals surface area contributed by atoms with E-state index in [9.17, 15) is 0 Å². The maximum absolute atomic E-state index is 2.63. The van der Waals surface area contributed by atoms with Crippen molar-refractivity contribution < 1.29 is 0 Å². The second-order valence-corrected chi connectivity index (χ2v) is 14.0. The third-order valence-corrected chi connectivity index (χ3v) is 11.5. The van der Waals surface area contributed by atoms with E-state index >= 15 is 0 Å². The third-order valence-electron chi connectivity index (χ3n) is 11.5. The maximum atomic E-state index is 2.63. The molecule has 4 heteroatoms. The Hall–Kier alpha value is -6.78. The summed E-state index contributed by atoms with van der Waals surface area (Å²) in [5.74, 6) is 0. The van der Waals surface area contributed by atoms with E-state index in [1.807, 2.05) is 0 Å². The Balaban J connectivity index is 1.42. The van der Waals surface area contributed by atoms with E-state index in [2.05, 4.69) is 196 Å². The molecule has 4 heterocycles. The minimum absolute atomic E-state index is 0.0723. The van der Waals surface area contributed by atoms with Crippen molar-refractivity contribution in [3.8, 4) is 33.6 Å². The van der Waals surface area contributed by atoms with Crippen molar-refractivity contribution in [1.29, 1.82) is 0 Å². The first kappa shape index (κ1) is 28.0. The summed E-state index contributed by atoms with van der Waals surface area (Å²) in [7, 11) is 0. The fourth-order valence-electron chi connectivity index (χ4n) is 9.57. The largest absolute Gasteiger partial charge is 0.376 e. The molecule has 0 fully saturated rings. The van der Waals surface area contributed by atoms with Gasteiger partial charge in [-0.25, -0.2) is 0 Å². The maximum Gasteiger partial charge on any atom is 0.331 e. The molecule has 0 saturated carbocycles. The van der Waals surface area contributed by atoms with Crippen LogP contribution in [0.4, 0.5) is 11.4 Å². The third kappa shape index (κ3) is 3.51. The molecule has 52 heavy (non-hydrogen) atoms. The molecule has 10 aromatic rings. The first-order valence-electron chi connectivity index (χ1n) is 18.1. The molecule has 0 bridgehead atoms.